The Morgan fingerprint density at radius 1 is 1.18 bits per heavy atom. The first-order valence-electron chi connectivity index (χ1n) is 11.4. The number of carbonyl (C=O) groups is 2. The Balaban J connectivity index is 1.27. The summed E-state index contributed by atoms with van der Waals surface area (Å²) in [6, 6.07) is 14.4. The van der Waals surface area contributed by atoms with E-state index in [2.05, 4.69) is 20.8 Å². The molecule has 0 saturated carbocycles. The largest absolute Gasteiger partial charge is 0.376 e. The van der Waals surface area contributed by atoms with Crippen LogP contribution in [-0.2, 0) is 11.2 Å². The molecule has 0 bridgehead atoms. The number of nitrogens with one attached hydrogen (secondary N) is 2. The van der Waals surface area contributed by atoms with Crippen molar-refractivity contribution < 1.29 is 18.8 Å². The van der Waals surface area contributed by atoms with Crippen molar-refractivity contribution in [2.75, 3.05) is 32.1 Å². The summed E-state index contributed by atoms with van der Waals surface area (Å²) >= 11 is 0. The molecule has 1 fully saturated rings. The monoisotopic (exact) mass is 463 g/mol. The second-order valence-electron chi connectivity index (χ2n) is 8.41. The molecular weight excluding hydrogens is 434 g/mol. The van der Waals surface area contributed by atoms with Gasteiger partial charge in [-0.15, -0.1) is 0 Å². The van der Waals surface area contributed by atoms with Gasteiger partial charge in [-0.25, -0.2) is 4.79 Å². The van der Waals surface area contributed by atoms with E-state index < -0.39 is 0 Å². The number of rotatable bonds is 8. The Morgan fingerprint density at radius 2 is 2.00 bits per heavy atom. The first kappa shape index (κ1) is 23.4. The van der Waals surface area contributed by atoms with Gasteiger partial charge in [0.2, 0.25) is 0 Å². The average molecular weight is 464 g/mol. The van der Waals surface area contributed by atoms with Gasteiger partial charge in [0.1, 0.15) is 0 Å². The second-order valence-corrected chi connectivity index (χ2v) is 8.41. The van der Waals surface area contributed by atoms with Crippen molar-refractivity contribution in [2.24, 2.45) is 0 Å². The highest BCUT2D eigenvalue weighted by Crippen LogP contribution is 2.18. The van der Waals surface area contributed by atoms with Crippen LogP contribution in [-0.4, -0.2) is 59.8 Å². The number of hydrogen-bond acceptors (Lipinski definition) is 6. The molecule has 3 aromatic rings. The third-order valence-corrected chi connectivity index (χ3v) is 5.66. The molecule has 0 aliphatic carbocycles. The Hall–Kier alpha value is -3.72. The zero-order valence-electron chi connectivity index (χ0n) is 19.4. The molecule has 9 nitrogen and oxygen atoms in total. The van der Waals surface area contributed by atoms with Gasteiger partial charge in [0.25, 0.3) is 11.8 Å². The van der Waals surface area contributed by atoms with Crippen LogP contribution in [0.15, 0.2) is 53.1 Å². The van der Waals surface area contributed by atoms with Crippen LogP contribution in [0.4, 0.5) is 10.5 Å². The lowest BCUT2D eigenvalue weighted by Crippen LogP contribution is -2.33. The highest BCUT2D eigenvalue weighted by molar-refractivity contribution is 5.94. The number of urea groups is 1. The Kier molecular flexibility index (Phi) is 7.54. The number of benzene rings is 2. The van der Waals surface area contributed by atoms with Crippen LogP contribution >= 0.6 is 0 Å². The molecule has 2 heterocycles. The predicted molar refractivity (Wildman–Crippen MR) is 128 cm³/mol. The van der Waals surface area contributed by atoms with Crippen LogP contribution < -0.4 is 10.6 Å². The number of aryl methyl sites for hydroxylation is 1. The molecule has 1 aromatic heterocycles. The Morgan fingerprint density at radius 3 is 2.74 bits per heavy atom. The van der Waals surface area contributed by atoms with Crippen molar-refractivity contribution >= 4 is 17.6 Å². The van der Waals surface area contributed by atoms with Crippen molar-refractivity contribution in [1.82, 2.24) is 20.4 Å². The van der Waals surface area contributed by atoms with Gasteiger partial charge >= 0.3 is 6.03 Å². The maximum Gasteiger partial charge on any atom is 0.321 e. The number of hydrogen-bond donors (Lipinski definition) is 2. The standard InChI is InChI=1S/C25H29N5O4/c1-17-5-3-6-20(15-17)27-25(32)30(2)13-12-22-28-24(34-29-22)19-10-8-18(9-11-19)23(31)26-16-21-7-4-14-33-21/h3,5-6,8-11,15,21H,4,7,12-14,16H2,1-2H3,(H,26,31)(H,27,32). The number of anilines is 1. The molecule has 4 rings (SSSR count). The highest BCUT2D eigenvalue weighted by atomic mass is 16.5. The van der Waals surface area contributed by atoms with E-state index >= 15 is 0 Å². The maximum absolute atomic E-state index is 12.4. The molecule has 0 radical (unpaired) electrons. The minimum atomic E-state index is -0.206. The molecule has 1 aliphatic rings. The van der Waals surface area contributed by atoms with Crippen LogP contribution in [0.25, 0.3) is 11.5 Å². The number of ether oxygens (including phenoxy) is 1. The molecule has 34 heavy (non-hydrogen) atoms. The van der Waals surface area contributed by atoms with Gasteiger partial charge in [-0.1, -0.05) is 17.3 Å². The van der Waals surface area contributed by atoms with Crippen molar-refractivity contribution in [3.8, 4) is 11.5 Å². The first-order valence-corrected chi connectivity index (χ1v) is 11.4. The highest BCUT2D eigenvalue weighted by Gasteiger charge is 2.17. The smallest absolute Gasteiger partial charge is 0.321 e. The van der Waals surface area contributed by atoms with Crippen molar-refractivity contribution in [2.45, 2.75) is 32.3 Å². The summed E-state index contributed by atoms with van der Waals surface area (Å²) in [5, 5.41) is 9.79. The van der Waals surface area contributed by atoms with E-state index in [1.165, 1.54) is 0 Å². The lowest BCUT2D eigenvalue weighted by Gasteiger charge is -2.17. The zero-order chi connectivity index (χ0) is 23.9. The topological polar surface area (TPSA) is 110 Å². The average Bonchev–Trinajstić information content (AvgIpc) is 3.53. The molecule has 1 atom stereocenters. The zero-order valence-corrected chi connectivity index (χ0v) is 19.4. The SMILES string of the molecule is Cc1cccc(NC(=O)N(C)CCc2noc(-c3ccc(C(=O)NCC4CCCO4)cc3)n2)c1. The molecule has 2 aromatic carbocycles. The van der Waals surface area contributed by atoms with E-state index in [-0.39, 0.29) is 18.0 Å². The molecule has 178 valence electrons. The molecule has 1 saturated heterocycles. The molecule has 9 heteroatoms. The summed E-state index contributed by atoms with van der Waals surface area (Å²) in [6.07, 6.45) is 2.57. The lowest BCUT2D eigenvalue weighted by atomic mass is 10.1. The van der Waals surface area contributed by atoms with Crippen LogP contribution in [0.2, 0.25) is 0 Å². The Bertz CT molecular complexity index is 1120. The van der Waals surface area contributed by atoms with Gasteiger partial charge < -0.3 is 24.8 Å². The van der Waals surface area contributed by atoms with Crippen LogP contribution in [0.5, 0.6) is 0 Å². The molecule has 1 aliphatic heterocycles. The maximum atomic E-state index is 12.4. The second kappa shape index (κ2) is 10.9. The van der Waals surface area contributed by atoms with Crippen LogP contribution in [0.3, 0.4) is 0 Å². The summed E-state index contributed by atoms with van der Waals surface area (Å²) in [6.45, 7) is 3.69. The normalized spacial score (nSPS) is 15.2. The van der Waals surface area contributed by atoms with E-state index in [0.717, 1.165) is 36.3 Å². The third kappa shape index (κ3) is 6.20. The van der Waals surface area contributed by atoms with Crippen molar-refractivity contribution in [3.05, 3.63) is 65.5 Å². The number of aromatic nitrogens is 2. The number of carbonyl (C=O) groups excluding carboxylic acids is 2. The summed E-state index contributed by atoms with van der Waals surface area (Å²) in [4.78, 5) is 30.7. The third-order valence-electron chi connectivity index (χ3n) is 5.66. The fraction of sp³-hybridized carbons (Fsp3) is 0.360. The Labute approximate surface area is 198 Å². The van der Waals surface area contributed by atoms with E-state index in [1.54, 1.807) is 36.2 Å². The van der Waals surface area contributed by atoms with E-state index in [0.29, 0.717) is 36.8 Å². The van der Waals surface area contributed by atoms with Gasteiger partial charge in [0.15, 0.2) is 5.82 Å². The summed E-state index contributed by atoms with van der Waals surface area (Å²) in [7, 11) is 1.72. The molecule has 3 amide bonds. The van der Waals surface area contributed by atoms with E-state index in [4.69, 9.17) is 9.26 Å². The minimum absolute atomic E-state index is 0.104. The fourth-order valence-electron chi connectivity index (χ4n) is 3.66. The summed E-state index contributed by atoms with van der Waals surface area (Å²) in [5.41, 5.74) is 3.11. The predicted octanol–water partition coefficient (Wildman–Crippen LogP) is 3.66. The van der Waals surface area contributed by atoms with E-state index in [9.17, 15) is 9.59 Å². The number of nitrogens with zero attached hydrogens (tertiary/aromatic N) is 3. The van der Waals surface area contributed by atoms with E-state index in [1.807, 2.05) is 31.2 Å². The van der Waals surface area contributed by atoms with Gasteiger partial charge in [0, 0.05) is 50.0 Å². The molecule has 1 unspecified atom stereocenters. The van der Waals surface area contributed by atoms with Crippen LogP contribution in [0, 0.1) is 6.92 Å². The fourth-order valence-corrected chi connectivity index (χ4v) is 3.66. The quantitative estimate of drug-likeness (QED) is 0.528. The van der Waals surface area contributed by atoms with Gasteiger partial charge in [-0.05, 0) is 61.7 Å². The van der Waals surface area contributed by atoms with Gasteiger partial charge in [-0.3, -0.25) is 4.79 Å². The van der Waals surface area contributed by atoms with Crippen molar-refractivity contribution in [1.29, 1.82) is 0 Å². The van der Waals surface area contributed by atoms with Crippen LogP contribution in [0.1, 0.15) is 34.6 Å². The minimum Gasteiger partial charge on any atom is -0.376 e. The molecule has 2 N–H and O–H groups in total. The number of amides is 3. The lowest BCUT2D eigenvalue weighted by molar-refractivity contribution is 0.0858. The van der Waals surface area contributed by atoms with Gasteiger partial charge in [-0.2, -0.15) is 4.98 Å². The molecular formula is C25H29N5O4. The summed E-state index contributed by atoms with van der Waals surface area (Å²) < 4.78 is 10.9. The number of likely N-dealkylation sites (N-methyl/N-ethyl adjacent to an activating group) is 1. The van der Waals surface area contributed by atoms with Gasteiger partial charge in [0.05, 0.1) is 6.10 Å². The van der Waals surface area contributed by atoms with Crippen molar-refractivity contribution in [3.63, 3.8) is 0 Å². The molecule has 0 spiro atoms. The first-order chi connectivity index (χ1) is 16.5. The summed E-state index contributed by atoms with van der Waals surface area (Å²) in [5.74, 6) is 0.733.